The number of benzene rings is 2. The van der Waals surface area contributed by atoms with Gasteiger partial charge in [0.05, 0.1) is 11.0 Å². The minimum Gasteiger partial charge on any atom is -0.399 e. The Hall–Kier alpha value is -2.29. The third-order valence-electron chi connectivity index (χ3n) is 3.61. The smallest absolute Gasteiger partial charge is 0.114 e. The lowest BCUT2D eigenvalue weighted by atomic mass is 10.1. The molecule has 0 bridgehead atoms. The van der Waals surface area contributed by atoms with Crippen molar-refractivity contribution in [1.82, 2.24) is 9.55 Å². The van der Waals surface area contributed by atoms with Crippen LogP contribution in [0.1, 0.15) is 17.0 Å². The van der Waals surface area contributed by atoms with Crippen LogP contribution in [0.25, 0.3) is 11.0 Å². The zero-order chi connectivity index (χ0) is 13.4. The first-order valence-electron chi connectivity index (χ1n) is 6.40. The number of fused-ring (bicyclic) bond motifs is 1. The Morgan fingerprint density at radius 1 is 1.16 bits per heavy atom. The Labute approximate surface area is 112 Å². The SMILES string of the molecule is Cc1ccccc1Cc1nc2cc(N)ccc2n1C. The molecule has 2 aromatic carbocycles. The number of rotatable bonds is 2. The summed E-state index contributed by atoms with van der Waals surface area (Å²) in [7, 11) is 2.05. The molecular weight excluding hydrogens is 234 g/mol. The molecule has 3 rings (SSSR count). The summed E-state index contributed by atoms with van der Waals surface area (Å²) in [5, 5.41) is 0. The first-order valence-corrected chi connectivity index (χ1v) is 6.40. The van der Waals surface area contributed by atoms with Gasteiger partial charge < -0.3 is 10.3 Å². The number of anilines is 1. The molecule has 1 aromatic heterocycles. The molecule has 0 atom stereocenters. The molecule has 3 nitrogen and oxygen atoms in total. The number of aryl methyl sites for hydroxylation is 2. The van der Waals surface area contributed by atoms with Gasteiger partial charge >= 0.3 is 0 Å². The lowest BCUT2D eigenvalue weighted by Crippen LogP contribution is -2.00. The Bertz CT molecular complexity index is 741. The van der Waals surface area contributed by atoms with Crippen LogP contribution in [0.15, 0.2) is 42.5 Å². The van der Waals surface area contributed by atoms with Crippen LogP contribution in [0, 0.1) is 6.92 Å². The number of nitrogen functional groups attached to an aromatic ring is 1. The molecule has 2 N–H and O–H groups in total. The fourth-order valence-corrected chi connectivity index (χ4v) is 2.40. The normalized spacial score (nSPS) is 11.1. The minimum absolute atomic E-state index is 0.757. The van der Waals surface area contributed by atoms with Crippen molar-refractivity contribution in [2.75, 3.05) is 5.73 Å². The van der Waals surface area contributed by atoms with E-state index in [1.165, 1.54) is 11.1 Å². The zero-order valence-electron chi connectivity index (χ0n) is 11.2. The summed E-state index contributed by atoms with van der Waals surface area (Å²) in [6, 6.07) is 14.3. The summed E-state index contributed by atoms with van der Waals surface area (Å²) >= 11 is 0. The number of imidazole rings is 1. The molecular formula is C16H17N3. The molecule has 0 radical (unpaired) electrons. The lowest BCUT2D eigenvalue weighted by Gasteiger charge is -2.05. The molecule has 0 amide bonds. The molecule has 0 saturated carbocycles. The first kappa shape index (κ1) is 11.8. The van der Waals surface area contributed by atoms with Crippen LogP contribution < -0.4 is 5.73 Å². The van der Waals surface area contributed by atoms with E-state index in [0.717, 1.165) is 29.0 Å². The maximum atomic E-state index is 5.81. The van der Waals surface area contributed by atoms with Crippen LogP contribution in [-0.2, 0) is 13.5 Å². The fraction of sp³-hybridized carbons (Fsp3) is 0.188. The van der Waals surface area contributed by atoms with Gasteiger partial charge in [-0.25, -0.2) is 4.98 Å². The maximum Gasteiger partial charge on any atom is 0.114 e. The van der Waals surface area contributed by atoms with E-state index < -0.39 is 0 Å². The summed E-state index contributed by atoms with van der Waals surface area (Å²) in [5.74, 6) is 1.06. The lowest BCUT2D eigenvalue weighted by molar-refractivity contribution is 0.842. The maximum absolute atomic E-state index is 5.81. The Morgan fingerprint density at radius 3 is 2.74 bits per heavy atom. The van der Waals surface area contributed by atoms with E-state index >= 15 is 0 Å². The largest absolute Gasteiger partial charge is 0.399 e. The number of nitrogens with two attached hydrogens (primary N) is 1. The first-order chi connectivity index (χ1) is 9.15. The van der Waals surface area contributed by atoms with Crippen molar-refractivity contribution >= 4 is 16.7 Å². The number of hydrogen-bond acceptors (Lipinski definition) is 2. The summed E-state index contributed by atoms with van der Waals surface area (Å²) in [5.41, 5.74) is 11.3. The van der Waals surface area contributed by atoms with Crippen molar-refractivity contribution in [3.8, 4) is 0 Å². The summed E-state index contributed by atoms with van der Waals surface area (Å²) in [4.78, 5) is 4.69. The van der Waals surface area contributed by atoms with Gasteiger partial charge in [0.2, 0.25) is 0 Å². The fourth-order valence-electron chi connectivity index (χ4n) is 2.40. The third kappa shape index (κ3) is 2.08. The molecule has 0 aliphatic heterocycles. The van der Waals surface area contributed by atoms with Crippen LogP contribution in [0.5, 0.6) is 0 Å². The van der Waals surface area contributed by atoms with Crippen LogP contribution in [0.4, 0.5) is 5.69 Å². The second kappa shape index (κ2) is 4.43. The van der Waals surface area contributed by atoms with Gasteiger partial charge in [0, 0.05) is 19.2 Å². The van der Waals surface area contributed by atoms with Gasteiger partial charge in [0.15, 0.2) is 0 Å². The average Bonchev–Trinajstić information content (AvgIpc) is 2.68. The van der Waals surface area contributed by atoms with Crippen molar-refractivity contribution in [1.29, 1.82) is 0 Å². The van der Waals surface area contributed by atoms with Crippen molar-refractivity contribution < 1.29 is 0 Å². The number of hydrogen-bond donors (Lipinski definition) is 1. The molecule has 3 heteroatoms. The number of aromatic nitrogens is 2. The Morgan fingerprint density at radius 2 is 1.95 bits per heavy atom. The van der Waals surface area contributed by atoms with Gasteiger partial charge in [-0.05, 0) is 36.2 Å². The van der Waals surface area contributed by atoms with Gasteiger partial charge in [0.1, 0.15) is 5.82 Å². The van der Waals surface area contributed by atoms with Crippen molar-refractivity contribution in [2.45, 2.75) is 13.3 Å². The molecule has 0 aliphatic carbocycles. The molecule has 96 valence electrons. The van der Waals surface area contributed by atoms with E-state index in [2.05, 4.69) is 42.8 Å². The second-order valence-corrected chi connectivity index (χ2v) is 4.94. The highest BCUT2D eigenvalue weighted by atomic mass is 15.1. The van der Waals surface area contributed by atoms with Crippen LogP contribution in [0.2, 0.25) is 0 Å². The summed E-state index contributed by atoms with van der Waals surface area (Å²) in [6.07, 6.45) is 0.845. The van der Waals surface area contributed by atoms with E-state index in [-0.39, 0.29) is 0 Å². The molecule has 0 fully saturated rings. The topological polar surface area (TPSA) is 43.8 Å². The highest BCUT2D eigenvalue weighted by Gasteiger charge is 2.09. The standard InChI is InChI=1S/C16H17N3/c1-11-5-3-4-6-12(11)9-16-18-14-10-13(17)7-8-15(14)19(16)2/h3-8,10H,9,17H2,1-2H3. The van der Waals surface area contributed by atoms with E-state index in [0.29, 0.717) is 0 Å². The molecule has 0 aliphatic rings. The molecule has 0 saturated heterocycles. The van der Waals surface area contributed by atoms with E-state index in [9.17, 15) is 0 Å². The highest BCUT2D eigenvalue weighted by molar-refractivity contribution is 5.79. The van der Waals surface area contributed by atoms with Gasteiger partial charge in [-0.3, -0.25) is 0 Å². The second-order valence-electron chi connectivity index (χ2n) is 4.94. The molecule has 3 aromatic rings. The predicted octanol–water partition coefficient (Wildman–Crippen LogP) is 3.05. The minimum atomic E-state index is 0.757. The van der Waals surface area contributed by atoms with Gasteiger partial charge in [-0.2, -0.15) is 0 Å². The van der Waals surface area contributed by atoms with E-state index in [4.69, 9.17) is 10.7 Å². The molecule has 19 heavy (non-hydrogen) atoms. The Kier molecular flexibility index (Phi) is 2.75. The highest BCUT2D eigenvalue weighted by Crippen LogP contribution is 2.20. The van der Waals surface area contributed by atoms with Crippen LogP contribution >= 0.6 is 0 Å². The average molecular weight is 251 g/mol. The quantitative estimate of drug-likeness (QED) is 0.711. The monoisotopic (exact) mass is 251 g/mol. The van der Waals surface area contributed by atoms with Crippen LogP contribution in [-0.4, -0.2) is 9.55 Å². The van der Waals surface area contributed by atoms with Crippen molar-refractivity contribution in [3.63, 3.8) is 0 Å². The predicted molar refractivity (Wildman–Crippen MR) is 79.1 cm³/mol. The molecule has 0 unspecified atom stereocenters. The van der Waals surface area contributed by atoms with Gasteiger partial charge in [0.25, 0.3) is 0 Å². The summed E-state index contributed by atoms with van der Waals surface area (Å²) < 4.78 is 2.14. The molecule has 1 heterocycles. The third-order valence-corrected chi connectivity index (χ3v) is 3.61. The number of nitrogens with zero attached hydrogens (tertiary/aromatic N) is 2. The summed E-state index contributed by atoms with van der Waals surface area (Å²) in [6.45, 7) is 2.13. The zero-order valence-corrected chi connectivity index (χ0v) is 11.2. The van der Waals surface area contributed by atoms with E-state index in [1.807, 2.05) is 18.2 Å². The van der Waals surface area contributed by atoms with Crippen molar-refractivity contribution in [3.05, 3.63) is 59.4 Å². The molecule has 0 spiro atoms. The van der Waals surface area contributed by atoms with Crippen molar-refractivity contribution in [2.24, 2.45) is 7.05 Å². The Balaban J connectivity index is 2.06. The van der Waals surface area contributed by atoms with E-state index in [1.54, 1.807) is 0 Å². The van der Waals surface area contributed by atoms with Gasteiger partial charge in [-0.15, -0.1) is 0 Å². The van der Waals surface area contributed by atoms with Gasteiger partial charge in [-0.1, -0.05) is 24.3 Å². The van der Waals surface area contributed by atoms with Crippen LogP contribution in [0.3, 0.4) is 0 Å².